The third-order valence-electron chi connectivity index (χ3n) is 1.94. The summed E-state index contributed by atoms with van der Waals surface area (Å²) in [6, 6.07) is 8.46. The molecular formula is C10H14BrNS. The van der Waals surface area contributed by atoms with Gasteiger partial charge < -0.3 is 0 Å². The molecule has 1 rings (SSSR count). The van der Waals surface area contributed by atoms with Gasteiger partial charge in [-0.05, 0) is 31.2 Å². The third-order valence-corrected chi connectivity index (χ3v) is 2.95. The molecule has 13 heavy (non-hydrogen) atoms. The molecule has 0 radical (unpaired) electrons. The van der Waals surface area contributed by atoms with E-state index >= 15 is 0 Å². The Morgan fingerprint density at radius 1 is 1.31 bits per heavy atom. The van der Waals surface area contributed by atoms with E-state index in [0.29, 0.717) is 0 Å². The lowest BCUT2D eigenvalue weighted by Crippen LogP contribution is -2.19. The van der Waals surface area contributed by atoms with Crippen LogP contribution in [-0.2, 0) is 6.42 Å². The Morgan fingerprint density at radius 3 is 2.46 bits per heavy atom. The maximum Gasteiger partial charge on any atom is 0.0411 e. The quantitative estimate of drug-likeness (QED) is 0.643. The Balaban J connectivity index is 2.41. The Hall–Kier alpha value is 0.01000. The molecule has 0 spiro atoms. The SMILES string of the molecule is CN(CS)CCc1ccc(Br)cc1. The zero-order chi connectivity index (χ0) is 9.68. The van der Waals surface area contributed by atoms with Gasteiger partial charge in [-0.15, -0.1) is 0 Å². The standard InChI is InChI=1S/C10H14BrNS/c1-12(8-13)7-6-9-2-4-10(11)5-3-9/h2-5,13H,6-8H2,1H3. The molecule has 0 bridgehead atoms. The summed E-state index contributed by atoms with van der Waals surface area (Å²) in [5.41, 5.74) is 1.37. The highest BCUT2D eigenvalue weighted by Gasteiger charge is 1.96. The van der Waals surface area contributed by atoms with Gasteiger partial charge in [0.1, 0.15) is 0 Å². The molecule has 0 aromatic heterocycles. The zero-order valence-electron chi connectivity index (χ0n) is 7.70. The first-order valence-corrected chi connectivity index (χ1v) is 5.69. The predicted molar refractivity (Wildman–Crippen MR) is 64.3 cm³/mol. The number of likely N-dealkylation sites (N-methyl/N-ethyl adjacent to an activating group) is 1. The molecule has 1 nitrogen and oxygen atoms in total. The number of benzene rings is 1. The van der Waals surface area contributed by atoms with E-state index in [1.807, 2.05) is 0 Å². The Morgan fingerprint density at radius 2 is 1.92 bits per heavy atom. The molecule has 3 heteroatoms. The first-order valence-electron chi connectivity index (χ1n) is 4.26. The van der Waals surface area contributed by atoms with E-state index < -0.39 is 0 Å². The topological polar surface area (TPSA) is 3.24 Å². The molecule has 0 saturated heterocycles. The largest absolute Gasteiger partial charge is 0.297 e. The van der Waals surface area contributed by atoms with Crippen LogP contribution in [0, 0.1) is 0 Å². The number of hydrogen-bond acceptors (Lipinski definition) is 2. The summed E-state index contributed by atoms with van der Waals surface area (Å²) in [5.74, 6) is 0.816. The first-order chi connectivity index (χ1) is 6.22. The summed E-state index contributed by atoms with van der Waals surface area (Å²) in [6.45, 7) is 1.06. The molecule has 0 aliphatic rings. The number of thiol groups is 1. The van der Waals surface area contributed by atoms with Crippen molar-refractivity contribution in [2.75, 3.05) is 19.5 Å². The average molecular weight is 260 g/mol. The smallest absolute Gasteiger partial charge is 0.0411 e. The molecule has 1 aromatic rings. The normalized spacial score (nSPS) is 10.8. The maximum atomic E-state index is 4.20. The number of halogens is 1. The van der Waals surface area contributed by atoms with Crippen molar-refractivity contribution in [1.82, 2.24) is 4.90 Å². The molecule has 1 aromatic carbocycles. The van der Waals surface area contributed by atoms with Gasteiger partial charge in [-0.1, -0.05) is 28.1 Å². The van der Waals surface area contributed by atoms with Crippen LogP contribution in [0.3, 0.4) is 0 Å². The van der Waals surface area contributed by atoms with Gasteiger partial charge in [0.25, 0.3) is 0 Å². The van der Waals surface area contributed by atoms with Crippen LogP contribution in [-0.4, -0.2) is 24.4 Å². The van der Waals surface area contributed by atoms with E-state index in [2.05, 4.69) is 64.8 Å². The second kappa shape index (κ2) is 5.68. The van der Waals surface area contributed by atoms with Crippen molar-refractivity contribution in [3.05, 3.63) is 34.3 Å². The summed E-state index contributed by atoms with van der Waals surface area (Å²) in [5, 5.41) is 0. The van der Waals surface area contributed by atoms with Crippen LogP contribution in [0.2, 0.25) is 0 Å². The lowest BCUT2D eigenvalue weighted by atomic mass is 10.1. The third kappa shape index (κ3) is 4.16. The van der Waals surface area contributed by atoms with Gasteiger partial charge in [0.05, 0.1) is 0 Å². The minimum absolute atomic E-state index is 0.816. The lowest BCUT2D eigenvalue weighted by molar-refractivity contribution is 0.399. The van der Waals surface area contributed by atoms with Crippen molar-refractivity contribution in [2.45, 2.75) is 6.42 Å². The predicted octanol–water partition coefficient (Wildman–Crippen LogP) is 2.81. The molecule has 0 unspecified atom stereocenters. The summed E-state index contributed by atoms with van der Waals surface area (Å²) < 4.78 is 1.14. The van der Waals surface area contributed by atoms with Gasteiger partial charge in [-0.2, -0.15) is 12.6 Å². The second-order valence-electron chi connectivity index (χ2n) is 3.10. The van der Waals surface area contributed by atoms with Crippen LogP contribution in [0.15, 0.2) is 28.7 Å². The van der Waals surface area contributed by atoms with Crippen molar-refractivity contribution in [2.24, 2.45) is 0 Å². The minimum atomic E-state index is 0.816. The molecule has 0 heterocycles. The minimum Gasteiger partial charge on any atom is -0.297 e. The fourth-order valence-corrected chi connectivity index (χ4v) is 1.45. The molecule has 0 aliphatic heterocycles. The van der Waals surface area contributed by atoms with Gasteiger partial charge in [-0.25, -0.2) is 0 Å². The van der Waals surface area contributed by atoms with Gasteiger partial charge in [0.15, 0.2) is 0 Å². The summed E-state index contributed by atoms with van der Waals surface area (Å²) >= 11 is 7.61. The molecular weight excluding hydrogens is 246 g/mol. The van der Waals surface area contributed by atoms with E-state index in [1.54, 1.807) is 0 Å². The van der Waals surface area contributed by atoms with Crippen LogP contribution in [0.1, 0.15) is 5.56 Å². The average Bonchev–Trinajstić information content (AvgIpc) is 2.16. The number of rotatable bonds is 4. The Kier molecular flexibility index (Phi) is 4.84. The van der Waals surface area contributed by atoms with Crippen LogP contribution < -0.4 is 0 Å². The van der Waals surface area contributed by atoms with E-state index in [9.17, 15) is 0 Å². The van der Waals surface area contributed by atoms with Crippen molar-refractivity contribution in [3.8, 4) is 0 Å². The molecule has 0 atom stereocenters. The molecule has 72 valence electrons. The van der Waals surface area contributed by atoms with E-state index in [1.165, 1.54) is 5.56 Å². The molecule has 0 aliphatic carbocycles. The molecule has 0 N–H and O–H groups in total. The summed E-state index contributed by atoms with van der Waals surface area (Å²) in [7, 11) is 2.08. The van der Waals surface area contributed by atoms with Gasteiger partial charge in [0.2, 0.25) is 0 Å². The highest BCUT2D eigenvalue weighted by molar-refractivity contribution is 9.10. The molecule has 0 amide bonds. The summed E-state index contributed by atoms with van der Waals surface area (Å²) in [4.78, 5) is 2.19. The number of hydrogen-bond donors (Lipinski definition) is 1. The Bertz CT molecular complexity index is 248. The van der Waals surface area contributed by atoms with Crippen LogP contribution >= 0.6 is 28.6 Å². The van der Waals surface area contributed by atoms with Crippen molar-refractivity contribution >= 4 is 28.6 Å². The van der Waals surface area contributed by atoms with Gasteiger partial charge in [-0.3, -0.25) is 4.90 Å². The fourth-order valence-electron chi connectivity index (χ4n) is 1.04. The van der Waals surface area contributed by atoms with Gasteiger partial charge >= 0.3 is 0 Å². The van der Waals surface area contributed by atoms with E-state index in [0.717, 1.165) is 23.3 Å². The molecule has 0 saturated carbocycles. The van der Waals surface area contributed by atoms with Crippen LogP contribution in [0.4, 0.5) is 0 Å². The Labute approximate surface area is 93.7 Å². The second-order valence-corrected chi connectivity index (χ2v) is 4.30. The maximum absolute atomic E-state index is 4.20. The summed E-state index contributed by atoms with van der Waals surface area (Å²) in [6.07, 6.45) is 1.09. The van der Waals surface area contributed by atoms with Crippen LogP contribution in [0.25, 0.3) is 0 Å². The van der Waals surface area contributed by atoms with E-state index in [-0.39, 0.29) is 0 Å². The van der Waals surface area contributed by atoms with Gasteiger partial charge in [0, 0.05) is 16.9 Å². The van der Waals surface area contributed by atoms with Crippen molar-refractivity contribution < 1.29 is 0 Å². The first kappa shape index (κ1) is 11.1. The van der Waals surface area contributed by atoms with Crippen molar-refractivity contribution in [1.29, 1.82) is 0 Å². The van der Waals surface area contributed by atoms with E-state index in [4.69, 9.17) is 0 Å². The fraction of sp³-hybridized carbons (Fsp3) is 0.400. The van der Waals surface area contributed by atoms with Crippen LogP contribution in [0.5, 0.6) is 0 Å². The number of nitrogens with zero attached hydrogens (tertiary/aromatic N) is 1. The van der Waals surface area contributed by atoms with Crippen molar-refractivity contribution in [3.63, 3.8) is 0 Å². The zero-order valence-corrected chi connectivity index (χ0v) is 10.2. The monoisotopic (exact) mass is 259 g/mol. The highest BCUT2D eigenvalue weighted by Crippen LogP contribution is 2.10. The molecule has 0 fully saturated rings. The lowest BCUT2D eigenvalue weighted by Gasteiger charge is -2.12. The highest BCUT2D eigenvalue weighted by atomic mass is 79.9.